The Kier molecular flexibility index (Phi) is 1.87. The predicted octanol–water partition coefficient (Wildman–Crippen LogP) is 0.780. The zero-order valence-electron chi connectivity index (χ0n) is 8.43. The van der Waals surface area contributed by atoms with Crippen LogP contribution in [0, 0.1) is 6.92 Å². The molecule has 0 aromatic carbocycles. The molecule has 0 bridgehead atoms. The summed E-state index contributed by atoms with van der Waals surface area (Å²) in [5.41, 5.74) is 0.293. The topological polar surface area (TPSA) is 52.2 Å². The molecule has 0 amide bonds. The predicted molar refractivity (Wildman–Crippen MR) is 52.4 cm³/mol. The van der Waals surface area contributed by atoms with E-state index in [-0.39, 0.29) is 11.6 Å². The Morgan fingerprint density at radius 1 is 1.43 bits per heavy atom. The first kappa shape index (κ1) is 8.93. The lowest BCUT2D eigenvalue weighted by atomic mass is 10.4. The maximum absolute atomic E-state index is 11.9. The van der Waals surface area contributed by atoms with Crippen LogP contribution in [0.1, 0.15) is 25.7 Å². The molecule has 0 aliphatic carbocycles. The second-order valence-corrected chi connectivity index (χ2v) is 3.51. The zero-order valence-corrected chi connectivity index (χ0v) is 8.43. The van der Waals surface area contributed by atoms with E-state index in [4.69, 9.17) is 0 Å². The van der Waals surface area contributed by atoms with Crippen LogP contribution < -0.4 is 5.56 Å². The van der Waals surface area contributed by atoms with Gasteiger partial charge in [0.1, 0.15) is 5.82 Å². The van der Waals surface area contributed by atoms with Crippen molar-refractivity contribution < 1.29 is 0 Å². The Labute approximate surface area is 81.0 Å². The smallest absolute Gasteiger partial charge is 0.290 e. The Hall–Kier alpha value is -1.65. The van der Waals surface area contributed by atoms with Crippen molar-refractivity contribution in [3.8, 4) is 0 Å². The lowest BCUT2D eigenvalue weighted by molar-refractivity contribution is 0.536. The average Bonchev–Trinajstić information content (AvgIpc) is 2.50. The van der Waals surface area contributed by atoms with Gasteiger partial charge in [0, 0.05) is 18.4 Å². The van der Waals surface area contributed by atoms with E-state index in [1.54, 1.807) is 17.0 Å². The molecule has 0 radical (unpaired) electrons. The van der Waals surface area contributed by atoms with Gasteiger partial charge in [-0.15, -0.1) is 0 Å². The first-order valence-electron chi connectivity index (χ1n) is 4.53. The maximum atomic E-state index is 11.9. The maximum Gasteiger partial charge on any atom is 0.297 e. The van der Waals surface area contributed by atoms with Crippen LogP contribution in [0.5, 0.6) is 0 Å². The van der Waals surface area contributed by atoms with Crippen LogP contribution in [0.4, 0.5) is 0 Å². The number of rotatable bonds is 1. The van der Waals surface area contributed by atoms with Crippen LogP contribution in [-0.2, 0) is 0 Å². The Morgan fingerprint density at radius 2 is 2.14 bits per heavy atom. The third-order valence-electron chi connectivity index (χ3n) is 2.15. The molecular formula is C9H12N4O. The summed E-state index contributed by atoms with van der Waals surface area (Å²) in [6, 6.07) is 0.108. The summed E-state index contributed by atoms with van der Waals surface area (Å²) >= 11 is 0. The molecule has 14 heavy (non-hydrogen) atoms. The number of imidazole rings is 1. The molecule has 2 heterocycles. The first-order chi connectivity index (χ1) is 6.61. The van der Waals surface area contributed by atoms with Gasteiger partial charge < -0.3 is 0 Å². The SMILES string of the molecule is Cc1nn2ccnc2c(=O)n1C(C)C. The molecule has 0 aliphatic rings. The summed E-state index contributed by atoms with van der Waals surface area (Å²) in [5, 5.41) is 4.23. The zero-order chi connectivity index (χ0) is 10.3. The fourth-order valence-corrected chi connectivity index (χ4v) is 1.60. The third-order valence-corrected chi connectivity index (χ3v) is 2.15. The second-order valence-electron chi connectivity index (χ2n) is 3.51. The summed E-state index contributed by atoms with van der Waals surface area (Å²) in [5.74, 6) is 0.704. The number of hydrogen-bond donors (Lipinski definition) is 0. The van der Waals surface area contributed by atoms with E-state index in [1.165, 1.54) is 4.52 Å². The van der Waals surface area contributed by atoms with Crippen LogP contribution in [0.3, 0.4) is 0 Å². The van der Waals surface area contributed by atoms with E-state index in [1.807, 2.05) is 20.8 Å². The molecule has 2 rings (SSSR count). The molecule has 0 aliphatic heterocycles. The van der Waals surface area contributed by atoms with Crippen molar-refractivity contribution >= 4 is 5.65 Å². The summed E-state index contributed by atoms with van der Waals surface area (Å²) in [7, 11) is 0. The fraction of sp³-hybridized carbons (Fsp3) is 0.444. The van der Waals surface area contributed by atoms with Crippen LogP contribution in [-0.4, -0.2) is 19.2 Å². The van der Waals surface area contributed by atoms with E-state index < -0.39 is 0 Å². The van der Waals surface area contributed by atoms with E-state index >= 15 is 0 Å². The van der Waals surface area contributed by atoms with E-state index in [9.17, 15) is 4.79 Å². The van der Waals surface area contributed by atoms with Crippen molar-refractivity contribution in [2.75, 3.05) is 0 Å². The molecule has 5 nitrogen and oxygen atoms in total. The monoisotopic (exact) mass is 192 g/mol. The molecule has 0 saturated heterocycles. The van der Waals surface area contributed by atoms with Gasteiger partial charge in [0.25, 0.3) is 5.56 Å². The van der Waals surface area contributed by atoms with Crippen molar-refractivity contribution in [3.05, 3.63) is 28.6 Å². The summed E-state index contributed by atoms with van der Waals surface area (Å²) in [4.78, 5) is 15.9. The van der Waals surface area contributed by atoms with Gasteiger partial charge in [-0.1, -0.05) is 0 Å². The number of aromatic nitrogens is 4. The van der Waals surface area contributed by atoms with Gasteiger partial charge >= 0.3 is 0 Å². The van der Waals surface area contributed by atoms with Crippen molar-refractivity contribution in [2.45, 2.75) is 26.8 Å². The number of fused-ring (bicyclic) bond motifs is 1. The molecule has 5 heteroatoms. The minimum absolute atomic E-state index is 0.0856. The largest absolute Gasteiger partial charge is 0.297 e. The highest BCUT2D eigenvalue weighted by Gasteiger charge is 2.10. The Bertz CT molecular complexity index is 523. The summed E-state index contributed by atoms with van der Waals surface area (Å²) in [6.45, 7) is 5.73. The summed E-state index contributed by atoms with van der Waals surface area (Å²) < 4.78 is 3.15. The average molecular weight is 192 g/mol. The van der Waals surface area contributed by atoms with Crippen LogP contribution in [0.15, 0.2) is 17.2 Å². The molecule has 2 aromatic heterocycles. The van der Waals surface area contributed by atoms with Gasteiger partial charge in [0.2, 0.25) is 5.65 Å². The molecule has 0 N–H and O–H groups in total. The van der Waals surface area contributed by atoms with Crippen molar-refractivity contribution in [1.29, 1.82) is 0 Å². The standard InChI is InChI=1S/C9H12N4O/c1-6(2)13-7(3)11-12-5-4-10-8(12)9(13)14/h4-6H,1-3H3. The molecule has 74 valence electrons. The van der Waals surface area contributed by atoms with Crippen LogP contribution in [0.2, 0.25) is 0 Å². The van der Waals surface area contributed by atoms with Crippen molar-refractivity contribution in [2.24, 2.45) is 0 Å². The van der Waals surface area contributed by atoms with Crippen molar-refractivity contribution in [1.82, 2.24) is 19.2 Å². The number of hydrogen-bond acceptors (Lipinski definition) is 3. The minimum atomic E-state index is -0.0856. The normalized spacial score (nSPS) is 11.4. The molecular weight excluding hydrogens is 180 g/mol. The quantitative estimate of drug-likeness (QED) is 0.671. The minimum Gasteiger partial charge on any atom is -0.290 e. The van der Waals surface area contributed by atoms with E-state index in [0.29, 0.717) is 11.5 Å². The van der Waals surface area contributed by atoms with Crippen molar-refractivity contribution in [3.63, 3.8) is 0 Å². The number of nitrogens with zero attached hydrogens (tertiary/aromatic N) is 4. The van der Waals surface area contributed by atoms with Gasteiger partial charge in [-0.2, -0.15) is 5.10 Å². The Balaban J connectivity index is 2.90. The molecule has 0 saturated carbocycles. The highest BCUT2D eigenvalue weighted by Crippen LogP contribution is 2.03. The van der Waals surface area contributed by atoms with Crippen LogP contribution >= 0.6 is 0 Å². The van der Waals surface area contributed by atoms with Gasteiger partial charge in [0.05, 0.1) is 0 Å². The lowest BCUT2D eigenvalue weighted by Gasteiger charge is -2.12. The van der Waals surface area contributed by atoms with Gasteiger partial charge in [-0.25, -0.2) is 9.50 Å². The van der Waals surface area contributed by atoms with E-state index in [2.05, 4.69) is 10.1 Å². The van der Waals surface area contributed by atoms with Gasteiger partial charge in [-0.05, 0) is 20.8 Å². The van der Waals surface area contributed by atoms with E-state index in [0.717, 1.165) is 0 Å². The second kappa shape index (κ2) is 2.94. The summed E-state index contributed by atoms with van der Waals surface area (Å²) in [6.07, 6.45) is 3.25. The highest BCUT2D eigenvalue weighted by atomic mass is 16.1. The Morgan fingerprint density at radius 3 is 2.79 bits per heavy atom. The first-order valence-corrected chi connectivity index (χ1v) is 4.53. The molecule has 0 atom stereocenters. The molecule has 0 unspecified atom stereocenters. The molecule has 0 spiro atoms. The lowest BCUT2D eigenvalue weighted by Crippen LogP contribution is -2.27. The van der Waals surface area contributed by atoms with Gasteiger partial charge in [0.15, 0.2) is 0 Å². The third kappa shape index (κ3) is 1.13. The fourth-order valence-electron chi connectivity index (χ4n) is 1.60. The van der Waals surface area contributed by atoms with Gasteiger partial charge in [-0.3, -0.25) is 9.36 Å². The molecule has 0 fully saturated rings. The number of aryl methyl sites for hydroxylation is 1. The highest BCUT2D eigenvalue weighted by molar-refractivity contribution is 5.33. The van der Waals surface area contributed by atoms with Crippen LogP contribution in [0.25, 0.3) is 5.65 Å². The molecule has 2 aromatic rings.